The van der Waals surface area contributed by atoms with Crippen LogP contribution in [0, 0.1) is 37.5 Å². The number of aromatic nitrogens is 1. The Morgan fingerprint density at radius 2 is 1.79 bits per heavy atom. The van der Waals surface area contributed by atoms with Gasteiger partial charge in [-0.05, 0) is 69.3 Å². The lowest BCUT2D eigenvalue weighted by Gasteiger charge is -2.22. The molecule has 3 aliphatic rings. The molecule has 5 heteroatoms. The molecule has 5 nitrogen and oxygen atoms in total. The molecule has 0 aromatic carbocycles. The first kappa shape index (κ1) is 15.7. The summed E-state index contributed by atoms with van der Waals surface area (Å²) in [6, 6.07) is 0. The highest BCUT2D eigenvalue weighted by molar-refractivity contribution is 6.01. The van der Waals surface area contributed by atoms with E-state index in [2.05, 4.69) is 4.98 Å². The molecule has 2 bridgehead atoms. The fraction of sp³-hybridized carbons (Fsp3) is 0.684. The van der Waals surface area contributed by atoms with Crippen LogP contribution >= 0.6 is 0 Å². The van der Waals surface area contributed by atoms with Gasteiger partial charge in [-0.15, -0.1) is 0 Å². The second-order valence-corrected chi connectivity index (χ2v) is 7.72. The summed E-state index contributed by atoms with van der Waals surface area (Å²) in [6.07, 6.45) is 4.08. The Kier molecular flexibility index (Phi) is 3.70. The third-order valence-electron chi connectivity index (χ3n) is 6.56. The number of nitrogens with one attached hydrogen (secondary N) is 1. The molecule has 24 heavy (non-hydrogen) atoms. The summed E-state index contributed by atoms with van der Waals surface area (Å²) >= 11 is 0. The zero-order valence-electron chi connectivity index (χ0n) is 14.7. The Morgan fingerprint density at radius 3 is 2.38 bits per heavy atom. The zero-order chi connectivity index (χ0) is 17.0. The quantitative estimate of drug-likeness (QED) is 0.867. The second-order valence-electron chi connectivity index (χ2n) is 7.72. The van der Waals surface area contributed by atoms with E-state index in [0.29, 0.717) is 29.7 Å². The number of hydrogen-bond acceptors (Lipinski definition) is 3. The van der Waals surface area contributed by atoms with Crippen LogP contribution in [0.1, 0.15) is 58.3 Å². The molecule has 3 fully saturated rings. The van der Waals surface area contributed by atoms with Crippen molar-refractivity contribution < 1.29 is 14.3 Å². The molecule has 1 aromatic heterocycles. The number of fused-ring (bicyclic) bond motifs is 5. The topological polar surface area (TPSA) is 62.4 Å². The van der Waals surface area contributed by atoms with Crippen molar-refractivity contribution in [3.8, 4) is 0 Å². The summed E-state index contributed by atoms with van der Waals surface area (Å²) < 4.78 is 5.08. The average molecular weight is 330 g/mol. The maximum Gasteiger partial charge on any atom is 0.355 e. The smallest absolute Gasteiger partial charge is 0.355 e. The van der Waals surface area contributed by atoms with Gasteiger partial charge in [0.2, 0.25) is 0 Å². The van der Waals surface area contributed by atoms with Gasteiger partial charge in [0.25, 0.3) is 5.91 Å². The van der Waals surface area contributed by atoms with Gasteiger partial charge in [0, 0.05) is 18.8 Å². The van der Waals surface area contributed by atoms with Crippen molar-refractivity contribution in [1.29, 1.82) is 0 Å². The monoisotopic (exact) mass is 330 g/mol. The summed E-state index contributed by atoms with van der Waals surface area (Å²) in [5.74, 6) is 2.77. The van der Waals surface area contributed by atoms with Crippen LogP contribution in [0.2, 0.25) is 0 Å². The number of hydrogen-bond donors (Lipinski definition) is 1. The fourth-order valence-corrected chi connectivity index (χ4v) is 5.48. The normalized spacial score (nSPS) is 30.7. The minimum Gasteiger partial charge on any atom is -0.461 e. The van der Waals surface area contributed by atoms with Crippen LogP contribution in [0.3, 0.4) is 0 Å². The van der Waals surface area contributed by atoms with Gasteiger partial charge in [-0.3, -0.25) is 4.79 Å². The highest BCUT2D eigenvalue weighted by Gasteiger charge is 2.52. The highest BCUT2D eigenvalue weighted by atomic mass is 16.5. The van der Waals surface area contributed by atoms with Crippen molar-refractivity contribution >= 4 is 11.9 Å². The van der Waals surface area contributed by atoms with Gasteiger partial charge in [-0.1, -0.05) is 0 Å². The minimum atomic E-state index is -0.381. The molecule has 1 saturated heterocycles. The summed E-state index contributed by atoms with van der Waals surface area (Å²) in [5.41, 5.74) is 2.55. The summed E-state index contributed by atoms with van der Waals surface area (Å²) in [5, 5.41) is 0. The molecule has 4 atom stereocenters. The largest absolute Gasteiger partial charge is 0.461 e. The van der Waals surface area contributed by atoms with E-state index in [1.54, 1.807) is 6.92 Å². The van der Waals surface area contributed by atoms with E-state index in [1.807, 2.05) is 18.7 Å². The number of esters is 1. The molecule has 1 amide bonds. The van der Waals surface area contributed by atoms with Crippen LogP contribution in [0.4, 0.5) is 0 Å². The van der Waals surface area contributed by atoms with Crippen LogP contribution in [0.25, 0.3) is 0 Å². The predicted octanol–water partition coefficient (Wildman–Crippen LogP) is 2.93. The molecule has 130 valence electrons. The maximum atomic E-state index is 13.1. The number of likely N-dealkylation sites (tertiary alicyclic amines) is 1. The third-order valence-corrected chi connectivity index (χ3v) is 6.56. The average Bonchev–Trinajstić information content (AvgIpc) is 3.27. The van der Waals surface area contributed by atoms with Crippen LogP contribution in [0.5, 0.6) is 0 Å². The zero-order valence-corrected chi connectivity index (χ0v) is 14.7. The lowest BCUT2D eigenvalue weighted by atomic mass is 9.82. The third kappa shape index (κ3) is 2.20. The van der Waals surface area contributed by atoms with Gasteiger partial charge >= 0.3 is 5.97 Å². The summed E-state index contributed by atoms with van der Waals surface area (Å²) in [4.78, 5) is 30.2. The van der Waals surface area contributed by atoms with Crippen molar-refractivity contribution in [2.24, 2.45) is 23.7 Å². The Morgan fingerprint density at radius 1 is 1.17 bits per heavy atom. The number of aromatic amines is 1. The van der Waals surface area contributed by atoms with Gasteiger partial charge in [0.05, 0.1) is 12.2 Å². The molecule has 0 unspecified atom stereocenters. The van der Waals surface area contributed by atoms with Gasteiger partial charge in [0.15, 0.2) is 0 Å². The maximum absolute atomic E-state index is 13.1. The lowest BCUT2D eigenvalue weighted by Crippen LogP contribution is -2.31. The fourth-order valence-electron chi connectivity index (χ4n) is 5.48. The van der Waals surface area contributed by atoms with Gasteiger partial charge in [-0.2, -0.15) is 0 Å². The molecule has 1 N–H and O–H groups in total. The standard InChI is InChI=1S/C19H26N2O3/c1-4-24-19(23)17-10(2)16(11(3)20-17)18(22)21-8-14-12-5-6-13(7-12)15(14)9-21/h12-15,20H,4-9H2,1-3H3/t12-,13+,14-,15+. The van der Waals surface area contributed by atoms with Crippen LogP contribution < -0.4 is 0 Å². The Balaban J connectivity index is 1.56. The molecule has 1 aromatic rings. The van der Waals surface area contributed by atoms with E-state index in [4.69, 9.17) is 4.74 Å². The van der Waals surface area contributed by atoms with E-state index in [0.717, 1.165) is 36.2 Å². The Bertz CT molecular complexity index is 675. The Hall–Kier alpha value is -1.78. The molecule has 0 spiro atoms. The first-order valence-corrected chi connectivity index (χ1v) is 9.16. The number of aryl methyl sites for hydroxylation is 1. The molecule has 0 radical (unpaired) electrons. The van der Waals surface area contributed by atoms with Crippen molar-refractivity contribution in [1.82, 2.24) is 9.88 Å². The predicted molar refractivity (Wildman–Crippen MR) is 89.9 cm³/mol. The number of carbonyl (C=O) groups is 2. The number of amides is 1. The first-order valence-electron chi connectivity index (χ1n) is 9.16. The van der Waals surface area contributed by atoms with Crippen LogP contribution in [-0.4, -0.2) is 41.5 Å². The lowest BCUT2D eigenvalue weighted by molar-refractivity contribution is 0.0519. The van der Waals surface area contributed by atoms with Crippen LogP contribution in [-0.2, 0) is 4.74 Å². The number of H-pyrrole nitrogens is 1. The molecular weight excluding hydrogens is 304 g/mol. The van der Waals surface area contributed by atoms with E-state index < -0.39 is 0 Å². The van der Waals surface area contributed by atoms with Crippen molar-refractivity contribution in [3.63, 3.8) is 0 Å². The van der Waals surface area contributed by atoms with E-state index in [9.17, 15) is 9.59 Å². The summed E-state index contributed by atoms with van der Waals surface area (Å²) in [6.45, 7) is 7.60. The summed E-state index contributed by atoms with van der Waals surface area (Å²) in [7, 11) is 0. The van der Waals surface area contributed by atoms with Gasteiger partial charge in [-0.25, -0.2) is 4.79 Å². The van der Waals surface area contributed by atoms with E-state index in [-0.39, 0.29) is 11.9 Å². The molecule has 2 saturated carbocycles. The molecule has 4 rings (SSSR count). The van der Waals surface area contributed by atoms with Gasteiger partial charge in [0.1, 0.15) is 5.69 Å². The molecule has 2 heterocycles. The minimum absolute atomic E-state index is 0.0746. The van der Waals surface area contributed by atoms with Crippen molar-refractivity contribution in [3.05, 3.63) is 22.5 Å². The SMILES string of the molecule is CCOC(=O)c1[nH]c(C)c(C(=O)N2C[C@@H]3[C@@H]4CC[C@@H](C4)[C@@H]3C2)c1C. The van der Waals surface area contributed by atoms with Crippen molar-refractivity contribution in [2.75, 3.05) is 19.7 Å². The van der Waals surface area contributed by atoms with E-state index in [1.165, 1.54) is 19.3 Å². The molecule has 1 aliphatic heterocycles. The number of ether oxygens (including phenoxy) is 1. The van der Waals surface area contributed by atoms with Crippen molar-refractivity contribution in [2.45, 2.75) is 40.0 Å². The van der Waals surface area contributed by atoms with E-state index >= 15 is 0 Å². The number of carbonyl (C=O) groups excluding carboxylic acids is 2. The first-order chi connectivity index (χ1) is 11.5. The number of rotatable bonds is 3. The van der Waals surface area contributed by atoms with Crippen LogP contribution in [0.15, 0.2) is 0 Å². The molecule has 2 aliphatic carbocycles. The number of nitrogens with zero attached hydrogens (tertiary/aromatic N) is 1. The molecular formula is C19H26N2O3. The Labute approximate surface area is 142 Å². The second kappa shape index (κ2) is 5.64. The highest BCUT2D eigenvalue weighted by Crippen LogP contribution is 2.55. The van der Waals surface area contributed by atoms with Gasteiger partial charge < -0.3 is 14.6 Å².